The molecule has 0 unspecified atom stereocenters. The Morgan fingerprint density at radius 3 is 2.48 bits per heavy atom. The summed E-state index contributed by atoms with van der Waals surface area (Å²) in [7, 11) is -3.71. The lowest BCUT2D eigenvalue weighted by Gasteiger charge is -2.06. The van der Waals surface area contributed by atoms with Gasteiger partial charge in [0.2, 0.25) is 15.9 Å². The third-order valence-corrected chi connectivity index (χ3v) is 3.53. The Labute approximate surface area is 121 Å². The van der Waals surface area contributed by atoms with Crippen LogP contribution in [0.2, 0.25) is 0 Å². The fourth-order valence-corrected chi connectivity index (χ4v) is 2.11. The second kappa shape index (κ2) is 5.89. The van der Waals surface area contributed by atoms with Crippen LogP contribution in [-0.4, -0.2) is 29.3 Å². The molecule has 1 aromatic carbocycles. The number of anilines is 1. The highest BCUT2D eigenvalue weighted by Crippen LogP contribution is 2.08. The van der Waals surface area contributed by atoms with Gasteiger partial charge in [-0.1, -0.05) is 17.3 Å². The van der Waals surface area contributed by atoms with Crippen LogP contribution in [0.4, 0.5) is 5.82 Å². The number of sulfonamides is 1. The number of nitrogens with two attached hydrogens (primary N) is 2. The van der Waals surface area contributed by atoms with Crippen molar-refractivity contribution in [3.05, 3.63) is 36.0 Å². The van der Waals surface area contributed by atoms with Gasteiger partial charge in [-0.2, -0.15) is 0 Å². The first-order valence-corrected chi connectivity index (χ1v) is 7.43. The third-order valence-electron chi connectivity index (χ3n) is 2.60. The third kappa shape index (κ3) is 4.26. The number of aromatic nitrogens is 3. The van der Waals surface area contributed by atoms with Crippen molar-refractivity contribution in [3.8, 4) is 0 Å². The van der Waals surface area contributed by atoms with Gasteiger partial charge in [-0.15, -0.1) is 5.10 Å². The molecule has 0 atom stereocenters. The predicted octanol–water partition coefficient (Wildman–Crippen LogP) is -1.18. The van der Waals surface area contributed by atoms with Crippen molar-refractivity contribution in [1.82, 2.24) is 20.3 Å². The van der Waals surface area contributed by atoms with Gasteiger partial charge in [0, 0.05) is 6.54 Å². The summed E-state index contributed by atoms with van der Waals surface area (Å²) in [4.78, 5) is 11.7. The number of hydrogen-bond donors (Lipinski definition) is 3. The maximum Gasteiger partial charge on any atom is 0.242 e. The van der Waals surface area contributed by atoms with E-state index < -0.39 is 10.0 Å². The van der Waals surface area contributed by atoms with E-state index in [9.17, 15) is 13.2 Å². The highest BCUT2D eigenvalue weighted by atomic mass is 32.2. The standard InChI is InChI=1S/C11H14N6O3S/c12-10-6-17(16-15-10)7-11(18)14-5-8-1-3-9(4-2-8)21(13,19)20/h1-4,6H,5,7,12H2,(H,14,18)(H2,13,19,20). The molecule has 0 fully saturated rings. The van der Waals surface area contributed by atoms with Crippen molar-refractivity contribution in [2.24, 2.45) is 5.14 Å². The second-order valence-electron chi connectivity index (χ2n) is 4.31. The molecule has 1 amide bonds. The van der Waals surface area contributed by atoms with Crippen molar-refractivity contribution in [2.75, 3.05) is 5.73 Å². The Kier molecular flexibility index (Phi) is 4.19. The van der Waals surface area contributed by atoms with Gasteiger partial charge in [0.25, 0.3) is 0 Å². The summed E-state index contributed by atoms with van der Waals surface area (Å²) < 4.78 is 23.5. The number of primary sulfonamides is 1. The Morgan fingerprint density at radius 2 is 1.95 bits per heavy atom. The molecule has 9 nitrogen and oxygen atoms in total. The summed E-state index contributed by atoms with van der Waals surface area (Å²) in [6.45, 7) is 0.257. The Morgan fingerprint density at radius 1 is 1.29 bits per heavy atom. The quantitative estimate of drug-likeness (QED) is 0.634. The van der Waals surface area contributed by atoms with E-state index in [1.165, 1.54) is 23.0 Å². The molecule has 2 aromatic rings. The molecule has 0 saturated heterocycles. The van der Waals surface area contributed by atoms with Crippen LogP contribution in [0.15, 0.2) is 35.4 Å². The van der Waals surface area contributed by atoms with E-state index in [0.29, 0.717) is 0 Å². The molecule has 1 aromatic heterocycles. The lowest BCUT2D eigenvalue weighted by atomic mass is 10.2. The first kappa shape index (κ1) is 14.9. The average molecular weight is 310 g/mol. The molecule has 0 spiro atoms. The summed E-state index contributed by atoms with van der Waals surface area (Å²) in [5, 5.41) is 14.9. The van der Waals surface area contributed by atoms with E-state index in [4.69, 9.17) is 10.9 Å². The van der Waals surface area contributed by atoms with E-state index in [1.54, 1.807) is 12.1 Å². The molecule has 5 N–H and O–H groups in total. The van der Waals surface area contributed by atoms with Gasteiger partial charge in [0.1, 0.15) is 6.54 Å². The van der Waals surface area contributed by atoms with Gasteiger partial charge in [0.05, 0.1) is 11.1 Å². The number of benzene rings is 1. The zero-order chi connectivity index (χ0) is 15.5. The number of carbonyl (C=O) groups excluding carboxylic acids is 1. The molecule has 0 saturated carbocycles. The summed E-state index contributed by atoms with van der Waals surface area (Å²) in [5.74, 6) is -0.0307. The first-order chi connectivity index (χ1) is 9.84. The van der Waals surface area contributed by atoms with Gasteiger partial charge in [-0.05, 0) is 17.7 Å². The van der Waals surface area contributed by atoms with E-state index in [-0.39, 0.29) is 29.7 Å². The van der Waals surface area contributed by atoms with Crippen LogP contribution in [-0.2, 0) is 27.9 Å². The van der Waals surface area contributed by atoms with Crippen molar-refractivity contribution in [1.29, 1.82) is 0 Å². The van der Waals surface area contributed by atoms with Crippen LogP contribution in [0, 0.1) is 0 Å². The van der Waals surface area contributed by atoms with E-state index in [2.05, 4.69) is 15.6 Å². The molecule has 0 radical (unpaired) electrons. The molecule has 0 bridgehead atoms. The van der Waals surface area contributed by atoms with Crippen LogP contribution < -0.4 is 16.2 Å². The largest absolute Gasteiger partial charge is 0.381 e. The SMILES string of the molecule is Nc1cn(CC(=O)NCc2ccc(S(N)(=O)=O)cc2)nn1. The number of rotatable bonds is 5. The fraction of sp³-hybridized carbons (Fsp3) is 0.182. The summed E-state index contributed by atoms with van der Waals surface area (Å²) >= 11 is 0. The summed E-state index contributed by atoms with van der Waals surface area (Å²) in [5.41, 5.74) is 6.13. The Balaban J connectivity index is 1.89. The van der Waals surface area contributed by atoms with Crippen molar-refractivity contribution >= 4 is 21.7 Å². The molecule has 1 heterocycles. The van der Waals surface area contributed by atoms with Crippen LogP contribution >= 0.6 is 0 Å². The minimum Gasteiger partial charge on any atom is -0.381 e. The molecular formula is C11H14N6O3S. The van der Waals surface area contributed by atoms with Crippen molar-refractivity contribution in [2.45, 2.75) is 18.0 Å². The lowest BCUT2D eigenvalue weighted by molar-refractivity contribution is -0.122. The maximum atomic E-state index is 11.7. The Hall–Kier alpha value is -2.46. The number of nitrogens with one attached hydrogen (secondary N) is 1. The molecule has 0 aliphatic carbocycles. The fourth-order valence-electron chi connectivity index (χ4n) is 1.59. The number of nitrogens with zero attached hydrogens (tertiary/aromatic N) is 3. The second-order valence-corrected chi connectivity index (χ2v) is 5.87. The van der Waals surface area contributed by atoms with Gasteiger partial charge >= 0.3 is 0 Å². The number of carbonyl (C=O) groups is 1. The van der Waals surface area contributed by atoms with E-state index >= 15 is 0 Å². The molecule has 10 heteroatoms. The van der Waals surface area contributed by atoms with Gasteiger partial charge in [0.15, 0.2) is 5.82 Å². The van der Waals surface area contributed by atoms with Gasteiger partial charge in [-0.3, -0.25) is 4.79 Å². The van der Waals surface area contributed by atoms with E-state index in [1.807, 2.05) is 0 Å². The molecule has 0 aliphatic rings. The van der Waals surface area contributed by atoms with Crippen LogP contribution in [0.5, 0.6) is 0 Å². The van der Waals surface area contributed by atoms with Crippen molar-refractivity contribution < 1.29 is 13.2 Å². The number of amides is 1. The molecular weight excluding hydrogens is 296 g/mol. The van der Waals surface area contributed by atoms with Crippen LogP contribution in [0.1, 0.15) is 5.56 Å². The Bertz CT molecular complexity index is 738. The first-order valence-electron chi connectivity index (χ1n) is 5.88. The zero-order valence-electron chi connectivity index (χ0n) is 10.9. The molecule has 0 aliphatic heterocycles. The lowest BCUT2D eigenvalue weighted by Crippen LogP contribution is -2.27. The summed E-state index contributed by atoms with van der Waals surface area (Å²) in [6.07, 6.45) is 1.44. The van der Waals surface area contributed by atoms with Crippen molar-refractivity contribution in [3.63, 3.8) is 0 Å². The zero-order valence-corrected chi connectivity index (χ0v) is 11.7. The highest BCUT2D eigenvalue weighted by molar-refractivity contribution is 7.89. The minimum absolute atomic E-state index is 0.000533. The minimum atomic E-state index is -3.71. The topological polar surface area (TPSA) is 146 Å². The van der Waals surface area contributed by atoms with E-state index in [0.717, 1.165) is 5.56 Å². The average Bonchev–Trinajstić information content (AvgIpc) is 2.81. The van der Waals surface area contributed by atoms with Crippen LogP contribution in [0.25, 0.3) is 0 Å². The summed E-state index contributed by atoms with van der Waals surface area (Å²) in [6, 6.07) is 5.92. The number of hydrogen-bond acceptors (Lipinski definition) is 6. The molecule has 2 rings (SSSR count). The maximum absolute atomic E-state index is 11.7. The number of nitrogen functional groups attached to an aromatic ring is 1. The van der Waals surface area contributed by atoms with Crippen LogP contribution in [0.3, 0.4) is 0 Å². The molecule has 112 valence electrons. The predicted molar refractivity (Wildman–Crippen MR) is 74.1 cm³/mol. The molecule has 21 heavy (non-hydrogen) atoms. The van der Waals surface area contributed by atoms with Gasteiger partial charge < -0.3 is 11.1 Å². The normalized spacial score (nSPS) is 11.3. The highest BCUT2D eigenvalue weighted by Gasteiger charge is 2.08. The monoisotopic (exact) mass is 310 g/mol. The smallest absolute Gasteiger partial charge is 0.242 e. The van der Waals surface area contributed by atoms with Gasteiger partial charge in [-0.25, -0.2) is 18.2 Å².